The van der Waals surface area contributed by atoms with Gasteiger partial charge in [0, 0.05) is 0 Å². The molecule has 0 bridgehead atoms. The van der Waals surface area contributed by atoms with Gasteiger partial charge in [-0.25, -0.2) is 9.59 Å². The van der Waals surface area contributed by atoms with Crippen LogP contribution in [0.4, 0.5) is 0 Å². The number of ether oxygens (including phenoxy) is 2. The quantitative estimate of drug-likeness (QED) is 0.182. The second kappa shape index (κ2) is 16.0. The standard InChI is InChI=1S/C30H42O5/c1-4-6-7-8-9-10-22-34-28-20-18-25(19-21-28)24(11-5-2)13-12-23(3)35-30(33)27-16-14-26(15-17-27)29(31)32/h14-21,23-24H,4-13,22H2,1-3H3,(H,31,32)/t23?,24-/m0/s1. The fourth-order valence-corrected chi connectivity index (χ4v) is 4.23. The Hall–Kier alpha value is -2.82. The summed E-state index contributed by atoms with van der Waals surface area (Å²) in [5.74, 6) is -0.108. The van der Waals surface area contributed by atoms with E-state index in [2.05, 4.69) is 38.1 Å². The van der Waals surface area contributed by atoms with Gasteiger partial charge in [-0.15, -0.1) is 0 Å². The van der Waals surface area contributed by atoms with E-state index in [1.54, 1.807) is 0 Å². The normalized spacial score (nSPS) is 12.7. The van der Waals surface area contributed by atoms with Crippen LogP contribution in [0.2, 0.25) is 0 Å². The maximum atomic E-state index is 12.4. The summed E-state index contributed by atoms with van der Waals surface area (Å²) in [4.78, 5) is 23.4. The predicted octanol–water partition coefficient (Wildman–Crippen LogP) is 8.03. The van der Waals surface area contributed by atoms with Crippen molar-refractivity contribution in [3.8, 4) is 5.75 Å². The van der Waals surface area contributed by atoms with Gasteiger partial charge < -0.3 is 14.6 Å². The average Bonchev–Trinajstić information content (AvgIpc) is 2.86. The second-order valence-electron chi connectivity index (χ2n) is 9.35. The second-order valence-corrected chi connectivity index (χ2v) is 9.35. The molecule has 0 spiro atoms. The molecule has 0 aliphatic heterocycles. The van der Waals surface area contributed by atoms with E-state index >= 15 is 0 Å². The summed E-state index contributed by atoms with van der Waals surface area (Å²) < 4.78 is 11.5. The molecule has 0 saturated carbocycles. The van der Waals surface area contributed by atoms with Gasteiger partial charge in [0.1, 0.15) is 5.75 Å². The molecule has 0 fully saturated rings. The number of hydrogen-bond donors (Lipinski definition) is 1. The van der Waals surface area contributed by atoms with Gasteiger partial charge >= 0.3 is 11.9 Å². The molecule has 2 atom stereocenters. The fraction of sp³-hybridized carbons (Fsp3) is 0.533. The highest BCUT2D eigenvalue weighted by Gasteiger charge is 2.17. The van der Waals surface area contributed by atoms with Gasteiger partial charge in [-0.1, -0.05) is 64.5 Å². The number of rotatable bonds is 17. The van der Waals surface area contributed by atoms with Gasteiger partial charge in [0.05, 0.1) is 23.8 Å². The lowest BCUT2D eigenvalue weighted by molar-refractivity contribution is 0.0315. The molecule has 2 aromatic rings. The Balaban J connectivity index is 1.79. The van der Waals surface area contributed by atoms with Crippen molar-refractivity contribution in [2.24, 2.45) is 0 Å². The first-order valence-corrected chi connectivity index (χ1v) is 13.2. The first-order chi connectivity index (χ1) is 16.9. The zero-order valence-corrected chi connectivity index (χ0v) is 21.6. The molecule has 35 heavy (non-hydrogen) atoms. The zero-order chi connectivity index (χ0) is 25.5. The summed E-state index contributed by atoms with van der Waals surface area (Å²) in [6.45, 7) is 7.10. The molecular weight excluding hydrogens is 440 g/mol. The van der Waals surface area contributed by atoms with Crippen molar-refractivity contribution in [2.75, 3.05) is 6.61 Å². The van der Waals surface area contributed by atoms with E-state index in [0.717, 1.165) is 44.5 Å². The van der Waals surface area contributed by atoms with Crippen molar-refractivity contribution in [1.82, 2.24) is 0 Å². The summed E-state index contributed by atoms with van der Waals surface area (Å²) in [6, 6.07) is 14.3. The highest BCUT2D eigenvalue weighted by molar-refractivity contribution is 5.92. The molecule has 2 aromatic carbocycles. The highest BCUT2D eigenvalue weighted by atomic mass is 16.5. The molecule has 0 aliphatic rings. The Labute approximate surface area is 210 Å². The number of carbonyl (C=O) groups excluding carboxylic acids is 1. The molecule has 0 aromatic heterocycles. The van der Waals surface area contributed by atoms with E-state index in [9.17, 15) is 9.59 Å². The van der Waals surface area contributed by atoms with E-state index in [0.29, 0.717) is 11.5 Å². The summed E-state index contributed by atoms with van der Waals surface area (Å²) in [5, 5.41) is 8.99. The topological polar surface area (TPSA) is 72.8 Å². The van der Waals surface area contributed by atoms with Crippen molar-refractivity contribution in [2.45, 2.75) is 97.0 Å². The van der Waals surface area contributed by atoms with Crippen molar-refractivity contribution in [1.29, 1.82) is 0 Å². The molecule has 2 rings (SSSR count). The van der Waals surface area contributed by atoms with Gasteiger partial charge in [-0.05, 0) is 80.5 Å². The molecular formula is C30H42O5. The van der Waals surface area contributed by atoms with E-state index < -0.39 is 11.9 Å². The monoisotopic (exact) mass is 482 g/mol. The van der Waals surface area contributed by atoms with Gasteiger partial charge in [-0.2, -0.15) is 0 Å². The van der Waals surface area contributed by atoms with Crippen LogP contribution in [-0.2, 0) is 4.74 Å². The molecule has 0 radical (unpaired) electrons. The predicted molar refractivity (Wildman–Crippen MR) is 140 cm³/mol. The van der Waals surface area contributed by atoms with Crippen LogP contribution in [0.5, 0.6) is 5.75 Å². The van der Waals surface area contributed by atoms with E-state index in [-0.39, 0.29) is 11.7 Å². The minimum Gasteiger partial charge on any atom is -0.494 e. The third-order valence-corrected chi connectivity index (χ3v) is 6.35. The maximum absolute atomic E-state index is 12.4. The fourth-order valence-electron chi connectivity index (χ4n) is 4.23. The Kier molecular flexibility index (Phi) is 13.0. The Bertz CT molecular complexity index is 873. The van der Waals surface area contributed by atoms with Crippen molar-refractivity contribution in [3.05, 3.63) is 65.2 Å². The molecule has 0 saturated heterocycles. The van der Waals surface area contributed by atoms with Crippen molar-refractivity contribution < 1.29 is 24.2 Å². The molecule has 192 valence electrons. The summed E-state index contributed by atoms with van der Waals surface area (Å²) in [6.07, 6.45) is 11.2. The van der Waals surface area contributed by atoms with E-state index in [1.807, 2.05) is 6.92 Å². The lowest BCUT2D eigenvalue weighted by atomic mass is 9.89. The molecule has 5 nitrogen and oxygen atoms in total. The van der Waals surface area contributed by atoms with Crippen molar-refractivity contribution in [3.63, 3.8) is 0 Å². The molecule has 1 N–H and O–H groups in total. The average molecular weight is 483 g/mol. The number of unbranched alkanes of at least 4 members (excludes halogenated alkanes) is 5. The molecule has 1 unspecified atom stereocenters. The smallest absolute Gasteiger partial charge is 0.338 e. The van der Waals surface area contributed by atoms with Gasteiger partial charge in [0.15, 0.2) is 0 Å². The number of benzene rings is 2. The number of carbonyl (C=O) groups is 2. The number of aromatic carboxylic acids is 1. The summed E-state index contributed by atoms with van der Waals surface area (Å²) >= 11 is 0. The first-order valence-electron chi connectivity index (χ1n) is 13.2. The third-order valence-electron chi connectivity index (χ3n) is 6.35. The molecule has 5 heteroatoms. The third kappa shape index (κ3) is 10.5. The lowest BCUT2D eigenvalue weighted by Gasteiger charge is -2.20. The van der Waals surface area contributed by atoms with Crippen LogP contribution in [-0.4, -0.2) is 29.8 Å². The number of carboxylic acids is 1. The lowest BCUT2D eigenvalue weighted by Crippen LogP contribution is -2.16. The Morgan fingerprint density at radius 2 is 1.40 bits per heavy atom. The van der Waals surface area contributed by atoms with Crippen molar-refractivity contribution >= 4 is 11.9 Å². The number of esters is 1. The minimum atomic E-state index is -1.02. The minimum absolute atomic E-state index is 0.149. The first kappa shape index (κ1) is 28.4. The van der Waals surface area contributed by atoms with Crippen LogP contribution >= 0.6 is 0 Å². The number of hydrogen-bond acceptors (Lipinski definition) is 4. The van der Waals surface area contributed by atoms with E-state index in [1.165, 1.54) is 61.9 Å². The maximum Gasteiger partial charge on any atom is 0.338 e. The Morgan fingerprint density at radius 1 is 0.771 bits per heavy atom. The molecule has 0 heterocycles. The van der Waals surface area contributed by atoms with Crippen LogP contribution in [0.15, 0.2) is 48.5 Å². The largest absolute Gasteiger partial charge is 0.494 e. The molecule has 0 aliphatic carbocycles. The van der Waals surface area contributed by atoms with Crippen LogP contribution in [0.3, 0.4) is 0 Å². The highest BCUT2D eigenvalue weighted by Crippen LogP contribution is 2.29. The zero-order valence-electron chi connectivity index (χ0n) is 21.6. The van der Waals surface area contributed by atoms with E-state index in [4.69, 9.17) is 14.6 Å². The van der Waals surface area contributed by atoms with Crippen LogP contribution < -0.4 is 4.74 Å². The van der Waals surface area contributed by atoms with Gasteiger partial charge in [0.2, 0.25) is 0 Å². The summed E-state index contributed by atoms with van der Waals surface area (Å²) in [5.41, 5.74) is 1.81. The van der Waals surface area contributed by atoms with Crippen LogP contribution in [0, 0.1) is 0 Å². The van der Waals surface area contributed by atoms with Crippen LogP contribution in [0.25, 0.3) is 0 Å². The SMILES string of the molecule is CCCCCCCCOc1ccc([C@@H](CCC)CCC(C)OC(=O)c2ccc(C(=O)O)cc2)cc1. The van der Waals surface area contributed by atoms with Crippen LogP contribution in [0.1, 0.15) is 117 Å². The van der Waals surface area contributed by atoms with Gasteiger partial charge in [-0.3, -0.25) is 0 Å². The number of carboxylic acid groups (broad SMARTS) is 1. The summed E-state index contributed by atoms with van der Waals surface area (Å²) in [7, 11) is 0. The Morgan fingerprint density at radius 3 is 2.03 bits per heavy atom. The van der Waals surface area contributed by atoms with Gasteiger partial charge in [0.25, 0.3) is 0 Å². The molecule has 0 amide bonds.